The zero-order valence-corrected chi connectivity index (χ0v) is 8.26. The Morgan fingerprint density at radius 1 is 1.80 bits per heavy atom. The quantitative estimate of drug-likeness (QED) is 0.515. The van der Waals surface area contributed by atoms with Gasteiger partial charge >= 0.3 is 0 Å². The van der Waals surface area contributed by atoms with Crippen molar-refractivity contribution in [3.05, 3.63) is 9.28 Å². The summed E-state index contributed by atoms with van der Waals surface area (Å²) in [6.45, 7) is 6.67. The van der Waals surface area contributed by atoms with Crippen molar-refractivity contribution in [3.8, 4) is 0 Å². The van der Waals surface area contributed by atoms with Gasteiger partial charge in [-0.05, 0) is 42.4 Å². The highest BCUT2D eigenvalue weighted by Crippen LogP contribution is 2.26. The Hall–Kier alpha value is -0.0600. The van der Waals surface area contributed by atoms with Gasteiger partial charge in [-0.2, -0.15) is 5.10 Å². The van der Waals surface area contributed by atoms with Crippen LogP contribution in [0.2, 0.25) is 0 Å². The molecule has 56 valence electrons. The Bertz CT molecular complexity index is 170. The highest BCUT2D eigenvalue weighted by atomic mass is 127. The third-order valence-corrected chi connectivity index (χ3v) is 2.29. The molecule has 0 unspecified atom stereocenters. The van der Waals surface area contributed by atoms with Crippen LogP contribution in [0.3, 0.4) is 0 Å². The van der Waals surface area contributed by atoms with Gasteiger partial charge in [0.05, 0.1) is 0 Å². The molecule has 0 bridgehead atoms. The van der Waals surface area contributed by atoms with E-state index in [1.165, 1.54) is 15.7 Å². The predicted octanol–water partition coefficient (Wildman–Crippen LogP) is 2.36. The molecule has 1 heterocycles. The van der Waals surface area contributed by atoms with E-state index in [1.807, 2.05) is 5.01 Å². The molecular weight excluding hydrogens is 239 g/mol. The molecule has 0 aromatic heterocycles. The lowest BCUT2D eigenvalue weighted by molar-refractivity contribution is 0.421. The van der Waals surface area contributed by atoms with E-state index in [0.29, 0.717) is 0 Å². The second-order valence-corrected chi connectivity index (χ2v) is 3.97. The lowest BCUT2D eigenvalue weighted by Crippen LogP contribution is -2.08. The van der Waals surface area contributed by atoms with Gasteiger partial charge in [-0.15, -0.1) is 0 Å². The minimum Gasteiger partial charge on any atom is -0.270 e. The lowest BCUT2D eigenvalue weighted by atomic mass is 10.3. The van der Waals surface area contributed by atoms with Crippen molar-refractivity contribution in [3.63, 3.8) is 0 Å². The van der Waals surface area contributed by atoms with Crippen LogP contribution in [-0.2, 0) is 0 Å². The molecule has 0 saturated carbocycles. The van der Waals surface area contributed by atoms with Crippen LogP contribution in [0.25, 0.3) is 0 Å². The van der Waals surface area contributed by atoms with E-state index >= 15 is 0 Å². The normalized spacial score (nSPS) is 23.2. The van der Waals surface area contributed by atoms with Gasteiger partial charge < -0.3 is 0 Å². The summed E-state index contributed by atoms with van der Waals surface area (Å²) in [5.41, 5.74) is 1.34. The van der Waals surface area contributed by atoms with Crippen molar-refractivity contribution in [2.45, 2.75) is 19.8 Å². The molecule has 0 aliphatic carbocycles. The molecule has 10 heavy (non-hydrogen) atoms. The number of nitrogens with zero attached hydrogens (tertiary/aromatic N) is 2. The molecule has 0 radical (unpaired) electrons. The van der Waals surface area contributed by atoms with Gasteiger partial charge in [0.1, 0.15) is 0 Å². The molecule has 0 spiro atoms. The van der Waals surface area contributed by atoms with E-state index in [-0.39, 0.29) is 0 Å². The summed E-state index contributed by atoms with van der Waals surface area (Å²) in [4.78, 5) is 0. The molecule has 1 rings (SSSR count). The van der Waals surface area contributed by atoms with Crippen LogP contribution in [0.1, 0.15) is 19.8 Å². The molecule has 1 saturated heterocycles. The van der Waals surface area contributed by atoms with Crippen LogP contribution < -0.4 is 0 Å². The summed E-state index contributed by atoms with van der Waals surface area (Å²) in [6, 6.07) is 0. The number of hydrogen-bond acceptors (Lipinski definition) is 2. The van der Waals surface area contributed by atoms with Crippen molar-refractivity contribution in [1.82, 2.24) is 5.01 Å². The van der Waals surface area contributed by atoms with Gasteiger partial charge in [0.2, 0.25) is 0 Å². The van der Waals surface area contributed by atoms with Crippen LogP contribution in [0.15, 0.2) is 14.4 Å². The summed E-state index contributed by atoms with van der Waals surface area (Å²) >= 11 is 2.33. The fourth-order valence-corrected chi connectivity index (χ4v) is 1.71. The number of hydrogen-bond donors (Lipinski definition) is 0. The molecule has 3 heteroatoms. The molecule has 0 atom stereocenters. The summed E-state index contributed by atoms with van der Waals surface area (Å²) < 4.78 is 1.34. The topological polar surface area (TPSA) is 15.6 Å². The largest absolute Gasteiger partial charge is 0.270 e. The maximum absolute atomic E-state index is 3.91. The SMILES string of the molecule is C=NN1CCC/C1=C(/C)I. The molecule has 0 N–H and O–H groups in total. The molecule has 1 fully saturated rings. The van der Waals surface area contributed by atoms with Crippen molar-refractivity contribution >= 4 is 29.3 Å². The Morgan fingerprint density at radius 2 is 2.50 bits per heavy atom. The van der Waals surface area contributed by atoms with Gasteiger partial charge in [-0.25, -0.2) is 0 Å². The Labute approximate surface area is 75.1 Å². The minimum atomic E-state index is 1.04. The Kier molecular flexibility index (Phi) is 2.71. The summed E-state index contributed by atoms with van der Waals surface area (Å²) in [5, 5.41) is 5.90. The lowest BCUT2D eigenvalue weighted by Gasteiger charge is -2.12. The van der Waals surface area contributed by atoms with E-state index in [1.54, 1.807) is 0 Å². The maximum Gasteiger partial charge on any atom is 0.0458 e. The monoisotopic (exact) mass is 250 g/mol. The Morgan fingerprint density at radius 3 is 2.90 bits per heavy atom. The fourth-order valence-electron chi connectivity index (χ4n) is 1.17. The van der Waals surface area contributed by atoms with Crippen LogP contribution >= 0.6 is 22.6 Å². The smallest absolute Gasteiger partial charge is 0.0458 e. The minimum absolute atomic E-state index is 1.04. The number of hydrazone groups is 1. The van der Waals surface area contributed by atoms with Gasteiger partial charge in [-0.3, -0.25) is 5.01 Å². The van der Waals surface area contributed by atoms with Crippen molar-refractivity contribution in [2.75, 3.05) is 6.54 Å². The van der Waals surface area contributed by atoms with E-state index < -0.39 is 0 Å². The summed E-state index contributed by atoms with van der Waals surface area (Å²) in [7, 11) is 0. The number of halogens is 1. The summed E-state index contributed by atoms with van der Waals surface area (Å²) in [5.74, 6) is 0. The first-order valence-corrected chi connectivity index (χ1v) is 4.43. The predicted molar refractivity (Wildman–Crippen MR) is 52.2 cm³/mol. The van der Waals surface area contributed by atoms with Gasteiger partial charge in [-0.1, -0.05) is 0 Å². The van der Waals surface area contributed by atoms with E-state index in [2.05, 4.69) is 41.3 Å². The van der Waals surface area contributed by atoms with Gasteiger partial charge in [0, 0.05) is 22.5 Å². The fraction of sp³-hybridized carbons (Fsp3) is 0.571. The van der Waals surface area contributed by atoms with E-state index in [0.717, 1.165) is 13.0 Å². The molecule has 2 nitrogen and oxygen atoms in total. The van der Waals surface area contributed by atoms with E-state index in [4.69, 9.17) is 0 Å². The van der Waals surface area contributed by atoms with Gasteiger partial charge in [0.15, 0.2) is 0 Å². The first-order valence-electron chi connectivity index (χ1n) is 3.35. The standard InChI is InChI=1S/C7H11IN2/c1-6(8)7-4-3-5-10(7)9-2/h2-5H2,1H3/b7-6+. The molecule has 0 amide bonds. The molecule has 0 aromatic rings. The number of rotatable bonds is 1. The third kappa shape index (κ3) is 1.51. The zero-order chi connectivity index (χ0) is 7.56. The highest BCUT2D eigenvalue weighted by Gasteiger charge is 2.16. The zero-order valence-electron chi connectivity index (χ0n) is 6.10. The first-order chi connectivity index (χ1) is 4.75. The highest BCUT2D eigenvalue weighted by molar-refractivity contribution is 14.1. The van der Waals surface area contributed by atoms with Crippen molar-refractivity contribution in [2.24, 2.45) is 5.10 Å². The van der Waals surface area contributed by atoms with Crippen LogP contribution in [0, 0.1) is 0 Å². The average molecular weight is 250 g/mol. The molecule has 1 aliphatic rings. The number of allylic oxidation sites excluding steroid dienone is 2. The Balaban J connectivity index is 2.77. The second kappa shape index (κ2) is 3.37. The van der Waals surface area contributed by atoms with Crippen LogP contribution in [-0.4, -0.2) is 18.3 Å². The molecule has 1 aliphatic heterocycles. The maximum atomic E-state index is 3.91. The van der Waals surface area contributed by atoms with Crippen molar-refractivity contribution < 1.29 is 0 Å². The second-order valence-electron chi connectivity index (χ2n) is 2.35. The molecular formula is C7H11IN2. The first kappa shape index (κ1) is 8.04. The van der Waals surface area contributed by atoms with Crippen molar-refractivity contribution in [1.29, 1.82) is 0 Å². The van der Waals surface area contributed by atoms with Gasteiger partial charge in [0.25, 0.3) is 0 Å². The van der Waals surface area contributed by atoms with Crippen LogP contribution in [0.5, 0.6) is 0 Å². The third-order valence-electron chi connectivity index (χ3n) is 1.66. The molecule has 0 aromatic carbocycles. The van der Waals surface area contributed by atoms with E-state index in [9.17, 15) is 0 Å². The summed E-state index contributed by atoms with van der Waals surface area (Å²) in [6.07, 6.45) is 2.38. The average Bonchev–Trinajstić information content (AvgIpc) is 2.33. The van der Waals surface area contributed by atoms with Crippen LogP contribution in [0.4, 0.5) is 0 Å².